The molecule has 5 N–H and O–H groups in total. The predicted octanol–water partition coefficient (Wildman–Crippen LogP) is 1.24. The van der Waals surface area contributed by atoms with Gasteiger partial charge in [0.05, 0.1) is 0 Å². The minimum atomic E-state index is -1.34. The lowest BCUT2D eigenvalue weighted by Gasteiger charge is -2.39. The number of hydrazine groups is 1. The summed E-state index contributed by atoms with van der Waals surface area (Å²) in [4.78, 5) is 37.1. The van der Waals surface area contributed by atoms with Gasteiger partial charge in [-0.15, -0.1) is 0 Å². The molecule has 2 aliphatic rings. The van der Waals surface area contributed by atoms with Crippen LogP contribution in [0.1, 0.15) is 29.7 Å². The molecule has 0 bridgehead atoms. The fourth-order valence-electron chi connectivity index (χ4n) is 3.93. The molecule has 10 nitrogen and oxygen atoms in total. The van der Waals surface area contributed by atoms with Gasteiger partial charge in [0.1, 0.15) is 6.04 Å². The van der Waals surface area contributed by atoms with E-state index in [0.29, 0.717) is 33.9 Å². The summed E-state index contributed by atoms with van der Waals surface area (Å²) in [6, 6.07) is 6.89. The van der Waals surface area contributed by atoms with Gasteiger partial charge in [0.2, 0.25) is 12.7 Å². The van der Waals surface area contributed by atoms with Crippen LogP contribution >= 0.6 is 0 Å². The molecule has 4 rings (SSSR count). The number of anilines is 1. The molecule has 30 heavy (non-hydrogen) atoms. The number of carbonyl (C=O) groups is 3. The number of nitrogen functional groups attached to an aromatic ring is 1. The number of nitrogens with two attached hydrogens (primary N) is 2. The number of hydrogen-bond acceptors (Lipinski definition) is 6. The van der Waals surface area contributed by atoms with Crippen LogP contribution in [-0.4, -0.2) is 45.9 Å². The number of carboxylic acid groups (broad SMARTS) is 1. The fraction of sp³-hybridized carbons (Fsp3) is 0.250. The molecule has 0 radical (unpaired) electrons. The Kier molecular flexibility index (Phi) is 4.61. The van der Waals surface area contributed by atoms with Crippen molar-refractivity contribution in [2.75, 3.05) is 12.5 Å². The van der Waals surface area contributed by atoms with E-state index in [-0.39, 0.29) is 13.2 Å². The zero-order valence-electron chi connectivity index (χ0n) is 16.1. The second-order valence-corrected chi connectivity index (χ2v) is 7.08. The smallest absolute Gasteiger partial charge is 0.334 e. The molecule has 2 aliphatic heterocycles. The number of ether oxygens (including phenoxy) is 2. The molecule has 156 valence electrons. The van der Waals surface area contributed by atoms with Crippen molar-refractivity contribution in [1.82, 2.24) is 10.0 Å². The van der Waals surface area contributed by atoms with Crippen LogP contribution in [0.4, 0.5) is 10.5 Å². The normalized spacial score (nSPS) is 19.8. The maximum atomic E-state index is 12.6. The minimum Gasteiger partial charge on any atom is -0.480 e. The van der Waals surface area contributed by atoms with E-state index in [4.69, 9.17) is 20.9 Å². The summed E-state index contributed by atoms with van der Waals surface area (Å²) in [6.45, 7) is 1.22. The molecule has 0 aromatic heterocycles. The van der Waals surface area contributed by atoms with E-state index in [1.165, 1.54) is 6.92 Å². The average Bonchev–Trinajstić information content (AvgIpc) is 3.07. The lowest BCUT2D eigenvalue weighted by molar-refractivity contribution is -0.163. The van der Waals surface area contributed by atoms with Crippen molar-refractivity contribution in [2.24, 2.45) is 5.73 Å². The summed E-state index contributed by atoms with van der Waals surface area (Å²) < 4.78 is 10.9. The highest BCUT2D eigenvalue weighted by Crippen LogP contribution is 2.43. The van der Waals surface area contributed by atoms with E-state index in [9.17, 15) is 19.5 Å². The molecular weight excluding hydrogens is 392 g/mol. The third kappa shape index (κ3) is 3.11. The Labute approximate surface area is 171 Å². The van der Waals surface area contributed by atoms with Gasteiger partial charge < -0.3 is 26.0 Å². The highest BCUT2D eigenvalue weighted by molar-refractivity contribution is 5.86. The van der Waals surface area contributed by atoms with Crippen molar-refractivity contribution < 1.29 is 29.0 Å². The van der Waals surface area contributed by atoms with E-state index < -0.39 is 30.0 Å². The van der Waals surface area contributed by atoms with Gasteiger partial charge in [-0.05, 0) is 41.0 Å². The zero-order chi connectivity index (χ0) is 21.6. The molecule has 10 heteroatoms. The largest absolute Gasteiger partial charge is 0.480 e. The lowest BCUT2D eigenvalue weighted by Crippen LogP contribution is -2.58. The van der Waals surface area contributed by atoms with Crippen LogP contribution in [0, 0.1) is 0 Å². The third-order valence-corrected chi connectivity index (χ3v) is 5.20. The number of fused-ring (bicyclic) bond motifs is 2. The number of carbonyl (C=O) groups excluding carboxylic acids is 2. The van der Waals surface area contributed by atoms with Crippen LogP contribution < -0.4 is 20.9 Å². The number of rotatable bonds is 2. The molecule has 2 aromatic carbocycles. The maximum Gasteiger partial charge on any atom is 0.334 e. The van der Waals surface area contributed by atoms with Crippen LogP contribution in [0.5, 0.6) is 11.5 Å². The number of nitrogens with zero attached hydrogens (tertiary/aromatic N) is 2. The quantitative estimate of drug-likeness (QED) is 0.628. The van der Waals surface area contributed by atoms with Crippen molar-refractivity contribution in [3.63, 3.8) is 0 Å². The van der Waals surface area contributed by atoms with E-state index in [0.717, 1.165) is 10.0 Å². The van der Waals surface area contributed by atoms with Gasteiger partial charge in [-0.2, -0.15) is 0 Å². The SMILES string of the molecule is CC(=O)N1C(C(=O)O)Cc2cc3c(cc2C(c2ccc(N)cc2)N1C(N)=O)OCO3. The van der Waals surface area contributed by atoms with Crippen molar-refractivity contribution in [2.45, 2.75) is 25.4 Å². The first-order valence-corrected chi connectivity index (χ1v) is 9.17. The Bertz CT molecular complexity index is 1040. The summed E-state index contributed by atoms with van der Waals surface area (Å²) in [7, 11) is 0. The predicted molar refractivity (Wildman–Crippen MR) is 104 cm³/mol. The van der Waals surface area contributed by atoms with Gasteiger partial charge in [0.25, 0.3) is 0 Å². The highest BCUT2D eigenvalue weighted by Gasteiger charge is 2.44. The van der Waals surface area contributed by atoms with Crippen molar-refractivity contribution >= 4 is 23.6 Å². The second kappa shape index (κ2) is 7.14. The van der Waals surface area contributed by atoms with Crippen molar-refractivity contribution in [1.29, 1.82) is 0 Å². The standard InChI is InChI=1S/C20H20N4O6/c1-10(25)23-15(19(26)27)6-12-7-16-17(30-9-29-16)8-14(12)18(24(23)20(22)28)11-2-4-13(21)5-3-11/h2-5,7-8,15,18H,6,9,21H2,1H3,(H2,22,28)(H,26,27). The van der Waals surface area contributed by atoms with E-state index >= 15 is 0 Å². The van der Waals surface area contributed by atoms with Crippen LogP contribution in [0.15, 0.2) is 36.4 Å². The minimum absolute atomic E-state index is 0.0340. The third-order valence-electron chi connectivity index (χ3n) is 5.20. The Morgan fingerprint density at radius 2 is 1.70 bits per heavy atom. The second-order valence-electron chi connectivity index (χ2n) is 7.08. The topological polar surface area (TPSA) is 148 Å². The monoisotopic (exact) mass is 412 g/mol. The van der Waals surface area contributed by atoms with Crippen molar-refractivity contribution in [3.8, 4) is 11.5 Å². The first-order valence-electron chi connectivity index (χ1n) is 9.17. The average molecular weight is 412 g/mol. The van der Waals surface area contributed by atoms with Gasteiger partial charge in [-0.1, -0.05) is 12.1 Å². The molecule has 0 spiro atoms. The molecule has 0 fully saturated rings. The summed E-state index contributed by atoms with van der Waals surface area (Å²) in [6.07, 6.45) is -0.0455. The van der Waals surface area contributed by atoms with E-state index in [2.05, 4.69) is 0 Å². The van der Waals surface area contributed by atoms with E-state index in [1.807, 2.05) is 0 Å². The zero-order valence-corrected chi connectivity index (χ0v) is 16.1. The molecular formula is C20H20N4O6. The molecule has 3 amide bonds. The van der Waals surface area contributed by atoms with Crippen LogP contribution in [0.3, 0.4) is 0 Å². The number of hydrogen-bond donors (Lipinski definition) is 3. The first-order chi connectivity index (χ1) is 14.3. The molecule has 0 saturated heterocycles. The van der Waals surface area contributed by atoms with Crippen molar-refractivity contribution in [3.05, 3.63) is 53.1 Å². The fourth-order valence-corrected chi connectivity index (χ4v) is 3.93. The first kappa shape index (κ1) is 19.4. The molecule has 0 aliphatic carbocycles. The van der Waals surface area contributed by atoms with Crippen LogP contribution in [-0.2, 0) is 16.0 Å². The number of carboxylic acids is 1. The van der Waals surface area contributed by atoms with Gasteiger partial charge in [-0.25, -0.2) is 19.6 Å². The Balaban J connectivity index is 2.00. The Morgan fingerprint density at radius 1 is 1.07 bits per heavy atom. The highest BCUT2D eigenvalue weighted by atomic mass is 16.7. The van der Waals surface area contributed by atoms with Crippen LogP contribution in [0.25, 0.3) is 0 Å². The summed E-state index contributed by atoms with van der Waals surface area (Å²) >= 11 is 0. The number of aliphatic carboxylic acids is 1. The Hall–Kier alpha value is -3.95. The van der Waals surface area contributed by atoms with Gasteiger partial charge in [0, 0.05) is 19.0 Å². The molecule has 0 saturated carbocycles. The number of benzene rings is 2. The van der Waals surface area contributed by atoms with Gasteiger partial charge in [-0.3, -0.25) is 4.79 Å². The summed E-state index contributed by atoms with van der Waals surface area (Å²) in [5, 5.41) is 11.7. The van der Waals surface area contributed by atoms with Crippen LogP contribution in [0.2, 0.25) is 0 Å². The number of primary amides is 1. The molecule has 2 unspecified atom stereocenters. The maximum absolute atomic E-state index is 12.6. The van der Waals surface area contributed by atoms with Gasteiger partial charge >= 0.3 is 12.0 Å². The molecule has 2 aromatic rings. The lowest BCUT2D eigenvalue weighted by atomic mass is 9.91. The molecule has 2 heterocycles. The Morgan fingerprint density at radius 3 is 2.27 bits per heavy atom. The summed E-state index contributed by atoms with van der Waals surface area (Å²) in [5.41, 5.74) is 13.8. The van der Waals surface area contributed by atoms with E-state index in [1.54, 1.807) is 36.4 Å². The number of amides is 3. The number of urea groups is 1. The summed E-state index contributed by atoms with van der Waals surface area (Å²) in [5.74, 6) is -0.967. The van der Waals surface area contributed by atoms with Gasteiger partial charge in [0.15, 0.2) is 17.5 Å². The molecule has 2 atom stereocenters.